The summed E-state index contributed by atoms with van der Waals surface area (Å²) >= 11 is 5.85. The molecular weight excluding hydrogens is 278 g/mol. The molecule has 0 aliphatic heterocycles. The predicted octanol–water partition coefficient (Wildman–Crippen LogP) is 0.201. The number of carbonyl (C=O) groups is 1. The molecular formula is C10H14ClN3O3S. The summed E-state index contributed by atoms with van der Waals surface area (Å²) in [5.74, 6) is -0.400. The molecule has 0 saturated carbocycles. The molecule has 0 unspecified atom stereocenters. The van der Waals surface area contributed by atoms with E-state index in [0.29, 0.717) is 5.69 Å². The van der Waals surface area contributed by atoms with Crippen LogP contribution < -0.4 is 15.8 Å². The number of amides is 1. The smallest absolute Gasteiger partial charge is 0.252 e. The summed E-state index contributed by atoms with van der Waals surface area (Å²) in [6.45, 7) is 0.279. The summed E-state index contributed by atoms with van der Waals surface area (Å²) in [5, 5.41) is 2.82. The van der Waals surface area contributed by atoms with Crippen molar-refractivity contribution in [3.63, 3.8) is 0 Å². The third kappa shape index (κ3) is 4.91. The van der Waals surface area contributed by atoms with E-state index in [2.05, 4.69) is 10.0 Å². The van der Waals surface area contributed by atoms with Gasteiger partial charge in [-0.15, -0.1) is 0 Å². The van der Waals surface area contributed by atoms with E-state index in [0.717, 1.165) is 6.26 Å². The first kappa shape index (κ1) is 14.7. The van der Waals surface area contributed by atoms with Crippen LogP contribution in [0.1, 0.15) is 10.4 Å². The van der Waals surface area contributed by atoms with Crippen LogP contribution in [0.25, 0.3) is 0 Å². The van der Waals surface area contributed by atoms with E-state index in [1.54, 1.807) is 6.07 Å². The van der Waals surface area contributed by atoms with Gasteiger partial charge in [0.2, 0.25) is 10.0 Å². The molecule has 0 aliphatic carbocycles. The molecule has 1 rings (SSSR count). The van der Waals surface area contributed by atoms with Crippen molar-refractivity contribution in [3.05, 3.63) is 28.8 Å². The molecule has 100 valence electrons. The number of benzene rings is 1. The minimum atomic E-state index is -3.25. The van der Waals surface area contributed by atoms with Gasteiger partial charge < -0.3 is 11.1 Å². The third-order valence-corrected chi connectivity index (χ3v) is 3.07. The molecule has 6 nitrogen and oxygen atoms in total. The first-order valence-electron chi connectivity index (χ1n) is 5.07. The molecule has 0 aromatic heterocycles. The van der Waals surface area contributed by atoms with Crippen molar-refractivity contribution in [2.24, 2.45) is 0 Å². The molecule has 1 amide bonds. The summed E-state index contributed by atoms with van der Waals surface area (Å²) < 4.78 is 23.8. The Morgan fingerprint density at radius 2 is 2.06 bits per heavy atom. The van der Waals surface area contributed by atoms with Crippen molar-refractivity contribution in [2.45, 2.75) is 0 Å². The van der Waals surface area contributed by atoms with Crippen molar-refractivity contribution >= 4 is 33.2 Å². The highest BCUT2D eigenvalue weighted by atomic mass is 35.5. The zero-order chi connectivity index (χ0) is 13.8. The molecule has 0 fully saturated rings. The van der Waals surface area contributed by atoms with Crippen LogP contribution in [0.5, 0.6) is 0 Å². The number of hydrogen-bond acceptors (Lipinski definition) is 4. The summed E-state index contributed by atoms with van der Waals surface area (Å²) in [5.41, 5.74) is 6.24. The zero-order valence-electron chi connectivity index (χ0n) is 9.73. The molecule has 0 saturated heterocycles. The van der Waals surface area contributed by atoms with Crippen molar-refractivity contribution in [1.29, 1.82) is 0 Å². The number of carbonyl (C=O) groups excluding carboxylic acids is 1. The lowest BCUT2D eigenvalue weighted by Gasteiger charge is -2.07. The molecule has 4 N–H and O–H groups in total. The molecule has 0 bridgehead atoms. The Labute approximate surface area is 111 Å². The third-order valence-electron chi connectivity index (χ3n) is 2.01. The predicted molar refractivity (Wildman–Crippen MR) is 71.0 cm³/mol. The highest BCUT2D eigenvalue weighted by molar-refractivity contribution is 7.88. The van der Waals surface area contributed by atoms with Gasteiger partial charge in [-0.2, -0.15) is 0 Å². The van der Waals surface area contributed by atoms with Crippen LogP contribution in [0, 0.1) is 0 Å². The lowest BCUT2D eigenvalue weighted by atomic mass is 10.2. The zero-order valence-corrected chi connectivity index (χ0v) is 11.3. The molecule has 0 spiro atoms. The number of sulfonamides is 1. The summed E-state index contributed by atoms with van der Waals surface area (Å²) in [7, 11) is -3.25. The Kier molecular flexibility index (Phi) is 4.94. The van der Waals surface area contributed by atoms with Crippen LogP contribution in [0.3, 0.4) is 0 Å². The van der Waals surface area contributed by atoms with Gasteiger partial charge in [-0.05, 0) is 18.2 Å². The van der Waals surface area contributed by atoms with Crippen molar-refractivity contribution in [2.75, 3.05) is 25.1 Å². The van der Waals surface area contributed by atoms with Crippen LogP contribution in [0.4, 0.5) is 5.69 Å². The maximum Gasteiger partial charge on any atom is 0.252 e. The molecule has 0 radical (unpaired) electrons. The quantitative estimate of drug-likeness (QED) is 0.533. The van der Waals surface area contributed by atoms with Crippen LogP contribution in [-0.2, 0) is 10.0 Å². The van der Waals surface area contributed by atoms with Crippen LogP contribution in [0.2, 0.25) is 5.02 Å². The second kappa shape index (κ2) is 6.03. The lowest BCUT2D eigenvalue weighted by molar-refractivity contribution is 0.0954. The summed E-state index contributed by atoms with van der Waals surface area (Å²) in [6, 6.07) is 4.58. The van der Waals surface area contributed by atoms with Gasteiger partial charge in [0.1, 0.15) is 0 Å². The SMILES string of the molecule is CS(=O)(=O)NCCNC(=O)c1cc(N)ccc1Cl. The van der Waals surface area contributed by atoms with Gasteiger partial charge in [0, 0.05) is 18.8 Å². The van der Waals surface area contributed by atoms with Gasteiger partial charge in [-0.1, -0.05) is 11.6 Å². The van der Waals surface area contributed by atoms with Gasteiger partial charge in [-0.3, -0.25) is 4.79 Å². The number of rotatable bonds is 5. The van der Waals surface area contributed by atoms with E-state index < -0.39 is 15.9 Å². The van der Waals surface area contributed by atoms with Crippen molar-refractivity contribution in [1.82, 2.24) is 10.0 Å². The van der Waals surface area contributed by atoms with E-state index >= 15 is 0 Å². The molecule has 1 aromatic rings. The van der Waals surface area contributed by atoms with Crippen LogP contribution in [0.15, 0.2) is 18.2 Å². The number of nitrogens with two attached hydrogens (primary N) is 1. The van der Waals surface area contributed by atoms with Crippen LogP contribution >= 0.6 is 11.6 Å². The van der Waals surface area contributed by atoms with E-state index in [-0.39, 0.29) is 23.7 Å². The Morgan fingerprint density at radius 3 is 2.67 bits per heavy atom. The van der Waals surface area contributed by atoms with Crippen molar-refractivity contribution < 1.29 is 13.2 Å². The maximum absolute atomic E-state index is 11.7. The monoisotopic (exact) mass is 291 g/mol. The fraction of sp³-hybridized carbons (Fsp3) is 0.300. The van der Waals surface area contributed by atoms with Gasteiger partial charge in [0.15, 0.2) is 0 Å². The Morgan fingerprint density at radius 1 is 1.39 bits per heavy atom. The minimum absolute atomic E-state index is 0.116. The first-order valence-corrected chi connectivity index (χ1v) is 7.34. The standard InChI is InChI=1S/C10H14ClN3O3S/c1-18(16,17)14-5-4-13-10(15)8-6-7(12)2-3-9(8)11/h2-3,6,14H,4-5,12H2,1H3,(H,13,15). The molecule has 8 heteroatoms. The van der Waals surface area contributed by atoms with Gasteiger partial charge in [0.05, 0.1) is 16.8 Å². The second-order valence-corrected chi connectivity index (χ2v) is 5.90. The molecule has 0 aliphatic rings. The highest BCUT2D eigenvalue weighted by Crippen LogP contribution is 2.18. The van der Waals surface area contributed by atoms with E-state index in [1.807, 2.05) is 0 Å². The summed E-state index contributed by atoms with van der Waals surface area (Å²) in [4.78, 5) is 11.7. The summed E-state index contributed by atoms with van der Waals surface area (Å²) in [6.07, 6.45) is 1.05. The van der Waals surface area contributed by atoms with Crippen molar-refractivity contribution in [3.8, 4) is 0 Å². The van der Waals surface area contributed by atoms with Gasteiger partial charge >= 0.3 is 0 Å². The first-order chi connectivity index (χ1) is 8.29. The molecule has 0 heterocycles. The van der Waals surface area contributed by atoms with E-state index in [9.17, 15) is 13.2 Å². The average molecular weight is 292 g/mol. The van der Waals surface area contributed by atoms with E-state index in [4.69, 9.17) is 17.3 Å². The normalized spacial score (nSPS) is 11.2. The molecule has 1 aromatic carbocycles. The number of anilines is 1. The Balaban J connectivity index is 2.53. The molecule has 0 atom stereocenters. The largest absolute Gasteiger partial charge is 0.399 e. The minimum Gasteiger partial charge on any atom is -0.399 e. The second-order valence-electron chi connectivity index (χ2n) is 3.66. The average Bonchev–Trinajstić information content (AvgIpc) is 2.26. The lowest BCUT2D eigenvalue weighted by Crippen LogP contribution is -2.34. The number of nitrogen functional groups attached to an aromatic ring is 1. The number of hydrogen-bond donors (Lipinski definition) is 3. The fourth-order valence-electron chi connectivity index (χ4n) is 1.22. The van der Waals surface area contributed by atoms with Gasteiger partial charge in [-0.25, -0.2) is 13.1 Å². The maximum atomic E-state index is 11.7. The topological polar surface area (TPSA) is 101 Å². The highest BCUT2D eigenvalue weighted by Gasteiger charge is 2.10. The number of nitrogens with one attached hydrogen (secondary N) is 2. The van der Waals surface area contributed by atoms with Gasteiger partial charge in [0.25, 0.3) is 5.91 Å². The Bertz CT molecular complexity index is 545. The van der Waals surface area contributed by atoms with E-state index in [1.165, 1.54) is 12.1 Å². The fourth-order valence-corrected chi connectivity index (χ4v) is 1.90. The Hall–Kier alpha value is -1.31. The molecule has 18 heavy (non-hydrogen) atoms. The number of halogens is 1. The van der Waals surface area contributed by atoms with Crippen LogP contribution in [-0.4, -0.2) is 33.7 Å².